The third kappa shape index (κ3) is 2.37. The van der Waals surface area contributed by atoms with Crippen LogP contribution in [0.1, 0.15) is 29.7 Å². The van der Waals surface area contributed by atoms with Gasteiger partial charge in [0.15, 0.2) is 17.5 Å². The van der Waals surface area contributed by atoms with E-state index in [1.807, 2.05) is 37.7 Å². The summed E-state index contributed by atoms with van der Waals surface area (Å²) in [5, 5.41) is 8.99. The molecule has 0 spiro atoms. The van der Waals surface area contributed by atoms with Crippen LogP contribution in [0.5, 0.6) is 0 Å². The second-order valence-corrected chi connectivity index (χ2v) is 5.91. The van der Waals surface area contributed by atoms with Crippen LogP contribution in [0.2, 0.25) is 0 Å². The van der Waals surface area contributed by atoms with Gasteiger partial charge in [-0.1, -0.05) is 0 Å². The molecular formula is C16H19N5O2. The number of hydrogen-bond donors (Lipinski definition) is 0. The van der Waals surface area contributed by atoms with Crippen LogP contribution in [0.4, 0.5) is 0 Å². The van der Waals surface area contributed by atoms with Crippen molar-refractivity contribution in [2.75, 3.05) is 13.2 Å². The summed E-state index contributed by atoms with van der Waals surface area (Å²) in [7, 11) is 1.90. The van der Waals surface area contributed by atoms with Gasteiger partial charge in [0.25, 0.3) is 0 Å². The Hall–Kier alpha value is -2.41. The maximum absolute atomic E-state index is 5.68. The number of ether oxygens (including phenoxy) is 1. The van der Waals surface area contributed by atoms with E-state index < -0.39 is 0 Å². The molecule has 1 aliphatic heterocycles. The van der Waals surface area contributed by atoms with Crippen molar-refractivity contribution >= 4 is 0 Å². The molecule has 3 aromatic rings. The molecule has 7 heteroatoms. The average molecular weight is 313 g/mol. The Balaban J connectivity index is 1.88. The van der Waals surface area contributed by atoms with Crippen LogP contribution in [0, 0.1) is 13.8 Å². The van der Waals surface area contributed by atoms with Gasteiger partial charge in [0, 0.05) is 25.6 Å². The van der Waals surface area contributed by atoms with Gasteiger partial charge in [0.2, 0.25) is 0 Å². The summed E-state index contributed by atoms with van der Waals surface area (Å²) in [6, 6.07) is 3.93. The molecule has 4 heterocycles. The van der Waals surface area contributed by atoms with Crippen molar-refractivity contribution in [3.05, 3.63) is 35.7 Å². The topological polar surface area (TPSA) is 70.9 Å². The third-order valence-electron chi connectivity index (χ3n) is 4.21. The van der Waals surface area contributed by atoms with Gasteiger partial charge in [-0.25, -0.2) is 4.98 Å². The first kappa shape index (κ1) is 14.2. The zero-order valence-electron chi connectivity index (χ0n) is 13.5. The van der Waals surface area contributed by atoms with Crippen LogP contribution in [0.15, 0.2) is 22.7 Å². The van der Waals surface area contributed by atoms with Crippen LogP contribution in [-0.4, -0.2) is 37.8 Å². The summed E-state index contributed by atoms with van der Waals surface area (Å²) in [5.41, 5.74) is 0.960. The SMILES string of the molecule is Cc1cc(-c2nc(C3CCOC3)nn2-c2ccnn2C)c(C)o1. The van der Waals surface area contributed by atoms with E-state index in [0.717, 1.165) is 47.6 Å². The summed E-state index contributed by atoms with van der Waals surface area (Å²) >= 11 is 0. The van der Waals surface area contributed by atoms with E-state index >= 15 is 0 Å². The molecule has 0 aliphatic carbocycles. The van der Waals surface area contributed by atoms with Crippen molar-refractivity contribution in [2.24, 2.45) is 7.05 Å². The first-order chi connectivity index (χ1) is 11.1. The van der Waals surface area contributed by atoms with E-state index in [1.54, 1.807) is 10.9 Å². The molecule has 23 heavy (non-hydrogen) atoms. The van der Waals surface area contributed by atoms with E-state index in [0.29, 0.717) is 6.61 Å². The smallest absolute Gasteiger partial charge is 0.168 e. The van der Waals surface area contributed by atoms with Gasteiger partial charge < -0.3 is 9.15 Å². The monoisotopic (exact) mass is 313 g/mol. The molecule has 0 radical (unpaired) electrons. The first-order valence-corrected chi connectivity index (χ1v) is 7.74. The fourth-order valence-electron chi connectivity index (χ4n) is 3.00. The van der Waals surface area contributed by atoms with Crippen LogP contribution in [0.25, 0.3) is 17.2 Å². The van der Waals surface area contributed by atoms with Crippen LogP contribution < -0.4 is 0 Å². The highest BCUT2D eigenvalue weighted by Gasteiger charge is 2.26. The third-order valence-corrected chi connectivity index (χ3v) is 4.21. The predicted octanol–water partition coefficient (Wildman–Crippen LogP) is 2.38. The molecule has 1 saturated heterocycles. The highest BCUT2D eigenvalue weighted by atomic mass is 16.5. The van der Waals surface area contributed by atoms with Gasteiger partial charge in [-0.3, -0.25) is 4.68 Å². The van der Waals surface area contributed by atoms with E-state index in [4.69, 9.17) is 19.2 Å². The molecule has 0 N–H and O–H groups in total. The summed E-state index contributed by atoms with van der Waals surface area (Å²) in [6.07, 6.45) is 2.71. The highest BCUT2D eigenvalue weighted by Crippen LogP contribution is 2.30. The number of nitrogens with zero attached hydrogens (tertiary/aromatic N) is 5. The van der Waals surface area contributed by atoms with Gasteiger partial charge in [-0.15, -0.1) is 5.10 Å². The summed E-state index contributed by atoms with van der Waals surface area (Å²) in [5.74, 6) is 4.42. The molecule has 0 saturated carbocycles. The quantitative estimate of drug-likeness (QED) is 0.742. The first-order valence-electron chi connectivity index (χ1n) is 7.74. The molecule has 3 aromatic heterocycles. The van der Waals surface area contributed by atoms with Crippen LogP contribution >= 0.6 is 0 Å². The van der Waals surface area contributed by atoms with Gasteiger partial charge in [0.05, 0.1) is 18.4 Å². The molecule has 1 aliphatic rings. The lowest BCUT2D eigenvalue weighted by Crippen LogP contribution is -2.07. The fraction of sp³-hybridized carbons (Fsp3) is 0.438. The van der Waals surface area contributed by atoms with E-state index in [1.165, 1.54) is 0 Å². The summed E-state index contributed by atoms with van der Waals surface area (Å²) in [6.45, 7) is 5.33. The molecule has 0 amide bonds. The van der Waals surface area contributed by atoms with Gasteiger partial charge in [-0.2, -0.15) is 9.78 Å². The molecule has 1 atom stereocenters. The molecule has 4 rings (SSSR count). The lowest BCUT2D eigenvalue weighted by atomic mass is 10.1. The second-order valence-electron chi connectivity index (χ2n) is 5.91. The minimum atomic E-state index is 0.247. The van der Waals surface area contributed by atoms with Crippen molar-refractivity contribution in [3.8, 4) is 17.2 Å². The lowest BCUT2D eigenvalue weighted by molar-refractivity contribution is 0.193. The molecule has 120 valence electrons. The Morgan fingerprint density at radius 1 is 1.30 bits per heavy atom. The molecule has 7 nitrogen and oxygen atoms in total. The number of furan rings is 1. The molecule has 0 bridgehead atoms. The summed E-state index contributed by atoms with van der Waals surface area (Å²) in [4.78, 5) is 4.80. The van der Waals surface area contributed by atoms with Crippen LogP contribution in [-0.2, 0) is 11.8 Å². The second kappa shape index (κ2) is 5.34. The van der Waals surface area contributed by atoms with E-state index in [2.05, 4.69) is 5.10 Å². The Morgan fingerprint density at radius 2 is 2.17 bits per heavy atom. The van der Waals surface area contributed by atoms with Gasteiger partial charge >= 0.3 is 0 Å². The number of aryl methyl sites for hydroxylation is 3. The normalized spacial score (nSPS) is 18.0. The highest BCUT2D eigenvalue weighted by molar-refractivity contribution is 5.60. The minimum absolute atomic E-state index is 0.247. The molecule has 1 fully saturated rings. The molecule has 0 aromatic carbocycles. The maximum Gasteiger partial charge on any atom is 0.168 e. The Morgan fingerprint density at radius 3 is 2.78 bits per heavy atom. The number of hydrogen-bond acceptors (Lipinski definition) is 5. The number of rotatable bonds is 3. The van der Waals surface area contributed by atoms with Gasteiger partial charge in [0.1, 0.15) is 11.5 Å². The van der Waals surface area contributed by atoms with Crippen molar-refractivity contribution in [2.45, 2.75) is 26.2 Å². The minimum Gasteiger partial charge on any atom is -0.466 e. The van der Waals surface area contributed by atoms with E-state index in [-0.39, 0.29) is 5.92 Å². The van der Waals surface area contributed by atoms with Crippen molar-refractivity contribution < 1.29 is 9.15 Å². The Bertz CT molecular complexity index is 839. The van der Waals surface area contributed by atoms with Crippen LogP contribution in [0.3, 0.4) is 0 Å². The molecule has 1 unspecified atom stereocenters. The Labute approximate surface area is 133 Å². The van der Waals surface area contributed by atoms with E-state index in [9.17, 15) is 0 Å². The Kier molecular flexibility index (Phi) is 3.30. The largest absolute Gasteiger partial charge is 0.466 e. The van der Waals surface area contributed by atoms with Crippen molar-refractivity contribution in [3.63, 3.8) is 0 Å². The zero-order chi connectivity index (χ0) is 16.0. The molecular weight excluding hydrogens is 294 g/mol. The predicted molar refractivity (Wildman–Crippen MR) is 83.5 cm³/mol. The van der Waals surface area contributed by atoms with Crippen molar-refractivity contribution in [1.29, 1.82) is 0 Å². The lowest BCUT2D eigenvalue weighted by Gasteiger charge is -2.05. The van der Waals surface area contributed by atoms with Gasteiger partial charge in [-0.05, 0) is 26.3 Å². The van der Waals surface area contributed by atoms with Crippen molar-refractivity contribution in [1.82, 2.24) is 24.5 Å². The number of aromatic nitrogens is 5. The zero-order valence-corrected chi connectivity index (χ0v) is 13.5. The summed E-state index contributed by atoms with van der Waals surface area (Å²) < 4.78 is 14.8. The average Bonchev–Trinajstić information content (AvgIpc) is 3.25. The fourth-order valence-corrected chi connectivity index (χ4v) is 3.00. The standard InChI is InChI=1S/C16H19N5O2/c1-10-8-13(11(2)23-10)16-18-15(12-5-7-22-9-12)19-21(16)14-4-6-17-20(14)3/h4,6,8,12H,5,7,9H2,1-3H3. The maximum atomic E-state index is 5.68.